The van der Waals surface area contributed by atoms with Gasteiger partial charge in [0.25, 0.3) is 11.8 Å². The van der Waals surface area contributed by atoms with Gasteiger partial charge in [0.05, 0.1) is 26.5 Å². The number of para-hydroxylation sites is 2. The van der Waals surface area contributed by atoms with E-state index in [-0.39, 0.29) is 18.0 Å². The molecule has 3 rings (SSSR count). The Bertz CT molecular complexity index is 784. The van der Waals surface area contributed by atoms with Crippen LogP contribution in [0.2, 0.25) is 0 Å². The van der Waals surface area contributed by atoms with Crippen LogP contribution in [0.3, 0.4) is 0 Å². The topological polar surface area (TPSA) is 85.9 Å². The maximum absolute atomic E-state index is 12.5. The molecule has 1 aliphatic heterocycles. The van der Waals surface area contributed by atoms with Gasteiger partial charge in [-0.2, -0.15) is 0 Å². The van der Waals surface area contributed by atoms with Crippen LogP contribution in [0, 0.1) is 0 Å². The average molecular weight is 342 g/mol. The molecule has 2 aromatic rings. The monoisotopic (exact) mass is 342 g/mol. The van der Waals surface area contributed by atoms with Crippen LogP contribution in [0.4, 0.5) is 5.69 Å². The van der Waals surface area contributed by atoms with Crippen molar-refractivity contribution in [1.82, 2.24) is 5.32 Å². The Morgan fingerprint density at radius 3 is 2.48 bits per heavy atom. The van der Waals surface area contributed by atoms with Crippen molar-refractivity contribution in [1.29, 1.82) is 0 Å². The molecule has 0 aromatic heterocycles. The number of anilines is 1. The quantitative estimate of drug-likeness (QED) is 0.866. The van der Waals surface area contributed by atoms with Crippen LogP contribution in [0.25, 0.3) is 0 Å². The van der Waals surface area contributed by atoms with E-state index in [9.17, 15) is 9.59 Å². The van der Waals surface area contributed by atoms with Gasteiger partial charge in [-0.25, -0.2) is 0 Å². The molecule has 0 saturated carbocycles. The first-order valence-electron chi connectivity index (χ1n) is 7.69. The molecule has 7 nitrogen and oxygen atoms in total. The second-order valence-electron chi connectivity index (χ2n) is 5.34. The summed E-state index contributed by atoms with van der Waals surface area (Å²) in [5.74, 6) is 0.610. The van der Waals surface area contributed by atoms with E-state index in [1.165, 1.54) is 14.2 Å². The molecular weight excluding hydrogens is 324 g/mol. The summed E-state index contributed by atoms with van der Waals surface area (Å²) in [5, 5.41) is 5.45. The fourth-order valence-corrected chi connectivity index (χ4v) is 2.58. The van der Waals surface area contributed by atoms with E-state index in [4.69, 9.17) is 14.2 Å². The van der Waals surface area contributed by atoms with Crippen LogP contribution >= 0.6 is 0 Å². The Labute approximate surface area is 144 Å². The number of carbonyl (C=O) groups is 2. The molecule has 1 heterocycles. The molecule has 130 valence electrons. The van der Waals surface area contributed by atoms with Gasteiger partial charge in [-0.3, -0.25) is 9.59 Å². The molecule has 0 radical (unpaired) electrons. The predicted octanol–water partition coefficient (Wildman–Crippen LogP) is 1.83. The summed E-state index contributed by atoms with van der Waals surface area (Å²) < 4.78 is 16.1. The Hall–Kier alpha value is -3.22. The molecule has 2 amide bonds. The van der Waals surface area contributed by atoms with Crippen molar-refractivity contribution in [2.24, 2.45) is 0 Å². The van der Waals surface area contributed by atoms with Gasteiger partial charge in [-0.05, 0) is 24.3 Å². The highest BCUT2D eigenvalue weighted by Crippen LogP contribution is 2.29. The van der Waals surface area contributed by atoms with Gasteiger partial charge in [0.15, 0.2) is 6.10 Å². The molecule has 1 atom stereocenters. The lowest BCUT2D eigenvalue weighted by atomic mass is 10.1. The molecule has 0 fully saturated rings. The van der Waals surface area contributed by atoms with Crippen LogP contribution in [-0.4, -0.2) is 38.7 Å². The zero-order valence-corrected chi connectivity index (χ0v) is 13.9. The van der Waals surface area contributed by atoms with Crippen LogP contribution in [0.1, 0.15) is 10.4 Å². The minimum absolute atomic E-state index is 0.0141. The highest BCUT2D eigenvalue weighted by molar-refractivity contribution is 6.01. The van der Waals surface area contributed by atoms with E-state index >= 15 is 0 Å². The van der Waals surface area contributed by atoms with Gasteiger partial charge in [0.1, 0.15) is 22.8 Å². The van der Waals surface area contributed by atoms with Crippen molar-refractivity contribution >= 4 is 17.5 Å². The zero-order valence-electron chi connectivity index (χ0n) is 13.9. The van der Waals surface area contributed by atoms with Crippen molar-refractivity contribution in [3.63, 3.8) is 0 Å². The van der Waals surface area contributed by atoms with Gasteiger partial charge < -0.3 is 24.8 Å². The largest absolute Gasteiger partial charge is 0.496 e. The molecule has 0 saturated heterocycles. The standard InChI is InChI=1S/C18H18N2O5/c1-23-13-8-5-9-14(24-2)16(13)18(22)19-10-15-17(21)20-11-6-3-4-7-12(11)25-15/h3-9,15H,10H2,1-2H3,(H,19,22)(H,20,21). The zero-order chi connectivity index (χ0) is 17.8. The number of benzene rings is 2. The van der Waals surface area contributed by atoms with E-state index in [2.05, 4.69) is 10.6 Å². The number of hydrogen-bond donors (Lipinski definition) is 2. The van der Waals surface area contributed by atoms with Crippen LogP contribution in [0.5, 0.6) is 17.2 Å². The molecule has 2 N–H and O–H groups in total. The SMILES string of the molecule is COc1cccc(OC)c1C(=O)NCC1Oc2ccccc2NC1=O. The van der Waals surface area contributed by atoms with Crippen molar-refractivity contribution < 1.29 is 23.8 Å². The van der Waals surface area contributed by atoms with Gasteiger partial charge in [0, 0.05) is 0 Å². The first-order chi connectivity index (χ1) is 12.1. The molecule has 0 bridgehead atoms. The maximum Gasteiger partial charge on any atom is 0.267 e. The van der Waals surface area contributed by atoms with Crippen molar-refractivity contribution in [3.05, 3.63) is 48.0 Å². The molecule has 7 heteroatoms. The number of carbonyl (C=O) groups excluding carboxylic acids is 2. The van der Waals surface area contributed by atoms with E-state index in [0.29, 0.717) is 22.9 Å². The number of fused-ring (bicyclic) bond motifs is 1. The Balaban J connectivity index is 1.72. The van der Waals surface area contributed by atoms with E-state index in [1.54, 1.807) is 36.4 Å². The summed E-state index contributed by atoms with van der Waals surface area (Å²) in [7, 11) is 2.94. The second-order valence-corrected chi connectivity index (χ2v) is 5.34. The molecule has 1 unspecified atom stereocenters. The van der Waals surface area contributed by atoms with Crippen molar-refractivity contribution in [2.45, 2.75) is 6.10 Å². The summed E-state index contributed by atoms with van der Waals surface area (Å²) in [6, 6.07) is 12.2. The van der Waals surface area contributed by atoms with E-state index < -0.39 is 12.0 Å². The van der Waals surface area contributed by atoms with Crippen LogP contribution in [-0.2, 0) is 4.79 Å². The highest BCUT2D eigenvalue weighted by atomic mass is 16.5. The number of nitrogens with one attached hydrogen (secondary N) is 2. The summed E-state index contributed by atoms with van der Waals surface area (Å²) in [5.41, 5.74) is 0.880. The lowest BCUT2D eigenvalue weighted by molar-refractivity contribution is -0.123. The first kappa shape index (κ1) is 16.6. The highest BCUT2D eigenvalue weighted by Gasteiger charge is 2.28. The lowest BCUT2D eigenvalue weighted by Gasteiger charge is -2.26. The van der Waals surface area contributed by atoms with Gasteiger partial charge in [-0.1, -0.05) is 18.2 Å². The van der Waals surface area contributed by atoms with Gasteiger partial charge >= 0.3 is 0 Å². The minimum atomic E-state index is -0.820. The van der Waals surface area contributed by atoms with Crippen molar-refractivity contribution in [2.75, 3.05) is 26.1 Å². The number of hydrogen-bond acceptors (Lipinski definition) is 5. The smallest absolute Gasteiger partial charge is 0.267 e. The van der Waals surface area contributed by atoms with Crippen molar-refractivity contribution in [3.8, 4) is 17.2 Å². The summed E-state index contributed by atoms with van der Waals surface area (Å²) in [6.45, 7) is 0.0141. The minimum Gasteiger partial charge on any atom is -0.496 e. The number of amides is 2. The molecule has 25 heavy (non-hydrogen) atoms. The Morgan fingerprint density at radius 1 is 1.12 bits per heavy atom. The summed E-state index contributed by atoms with van der Waals surface area (Å²) >= 11 is 0. The fourth-order valence-electron chi connectivity index (χ4n) is 2.58. The first-order valence-corrected chi connectivity index (χ1v) is 7.69. The molecule has 2 aromatic carbocycles. The van der Waals surface area contributed by atoms with E-state index in [0.717, 1.165) is 0 Å². The van der Waals surface area contributed by atoms with Gasteiger partial charge in [0.2, 0.25) is 0 Å². The third kappa shape index (κ3) is 3.35. The number of methoxy groups -OCH3 is 2. The predicted molar refractivity (Wildman–Crippen MR) is 91.4 cm³/mol. The molecule has 0 spiro atoms. The van der Waals surface area contributed by atoms with Gasteiger partial charge in [-0.15, -0.1) is 0 Å². The Morgan fingerprint density at radius 2 is 1.80 bits per heavy atom. The van der Waals surface area contributed by atoms with E-state index in [1.807, 2.05) is 6.07 Å². The van der Waals surface area contributed by atoms with Crippen LogP contribution < -0.4 is 24.8 Å². The average Bonchev–Trinajstić information content (AvgIpc) is 2.65. The number of rotatable bonds is 5. The fraction of sp³-hybridized carbons (Fsp3) is 0.222. The second kappa shape index (κ2) is 7.12. The van der Waals surface area contributed by atoms with Crippen LogP contribution in [0.15, 0.2) is 42.5 Å². The maximum atomic E-state index is 12.5. The molecule has 1 aliphatic rings. The molecular formula is C18H18N2O5. The number of ether oxygens (including phenoxy) is 3. The third-order valence-electron chi connectivity index (χ3n) is 3.81. The lowest BCUT2D eigenvalue weighted by Crippen LogP contribution is -2.45. The molecule has 0 aliphatic carbocycles. The summed E-state index contributed by atoms with van der Waals surface area (Å²) in [4.78, 5) is 24.7. The third-order valence-corrected chi connectivity index (χ3v) is 3.81. The normalized spacial score (nSPS) is 15.4. The summed E-state index contributed by atoms with van der Waals surface area (Å²) in [6.07, 6.45) is -0.820. The Kier molecular flexibility index (Phi) is 4.74.